The smallest absolute Gasteiger partial charge is 0.352 e. The summed E-state index contributed by atoms with van der Waals surface area (Å²) < 4.78 is 1.67. The van der Waals surface area contributed by atoms with Crippen LogP contribution in [0.5, 0.6) is 0 Å². The third-order valence-corrected chi connectivity index (χ3v) is 3.21. The van der Waals surface area contributed by atoms with Gasteiger partial charge in [-0.3, -0.25) is 10.1 Å². The van der Waals surface area contributed by atoms with Gasteiger partial charge in [0.15, 0.2) is 0 Å². The first-order valence-corrected chi connectivity index (χ1v) is 6.14. The molecule has 1 aromatic carbocycles. The Morgan fingerprint density at radius 1 is 1.35 bits per heavy atom. The summed E-state index contributed by atoms with van der Waals surface area (Å²) in [6, 6.07) is 8.03. The zero-order chi connectivity index (χ0) is 14.9. The van der Waals surface area contributed by atoms with Crippen molar-refractivity contribution in [2.45, 2.75) is 20.4 Å². The van der Waals surface area contributed by atoms with Crippen molar-refractivity contribution in [3.8, 4) is 11.3 Å². The Hall–Kier alpha value is -2.63. The summed E-state index contributed by atoms with van der Waals surface area (Å²) in [6.07, 6.45) is 0. The summed E-state index contributed by atoms with van der Waals surface area (Å²) in [6.45, 7) is 4.03. The number of nitrogens with zero attached hydrogens (tertiary/aromatic N) is 2. The lowest BCUT2D eigenvalue weighted by Gasteiger charge is -2.09. The molecule has 0 fully saturated rings. The van der Waals surface area contributed by atoms with E-state index in [4.69, 9.17) is 5.11 Å². The van der Waals surface area contributed by atoms with Crippen molar-refractivity contribution in [2.75, 3.05) is 0 Å². The lowest BCUT2D eigenvalue weighted by molar-refractivity contribution is -0.385. The molecule has 0 aliphatic heterocycles. The molecule has 6 nitrogen and oxygen atoms in total. The molecule has 2 aromatic rings. The van der Waals surface area contributed by atoms with Crippen LogP contribution in [-0.2, 0) is 6.54 Å². The van der Waals surface area contributed by atoms with Gasteiger partial charge in [0.2, 0.25) is 0 Å². The molecule has 1 N–H and O–H groups in total. The minimum Gasteiger partial charge on any atom is -0.477 e. The van der Waals surface area contributed by atoms with Crippen molar-refractivity contribution in [2.24, 2.45) is 0 Å². The van der Waals surface area contributed by atoms with Crippen LogP contribution in [0.1, 0.15) is 23.0 Å². The molecule has 104 valence electrons. The summed E-state index contributed by atoms with van der Waals surface area (Å²) in [5, 5.41) is 19.9. The first-order valence-electron chi connectivity index (χ1n) is 6.14. The minimum absolute atomic E-state index is 0.0572. The zero-order valence-electron chi connectivity index (χ0n) is 11.2. The fraction of sp³-hybridized carbons (Fsp3) is 0.214. The Bertz CT molecular complexity index is 688. The Balaban J connectivity index is 2.55. The van der Waals surface area contributed by atoms with Gasteiger partial charge in [0.05, 0.1) is 4.92 Å². The maximum atomic E-state index is 11.1. The van der Waals surface area contributed by atoms with Gasteiger partial charge in [-0.2, -0.15) is 0 Å². The normalized spacial score (nSPS) is 10.5. The molecule has 0 radical (unpaired) electrons. The lowest BCUT2D eigenvalue weighted by Crippen LogP contribution is -2.08. The number of carboxylic acid groups (broad SMARTS) is 1. The molecule has 20 heavy (non-hydrogen) atoms. The SMILES string of the molecule is CCn1c(C(=O)O)ccc1-c1ccc([N+](=O)[O-])c(C)c1. The molecular formula is C14H14N2O4. The maximum Gasteiger partial charge on any atom is 0.352 e. The van der Waals surface area contributed by atoms with Gasteiger partial charge in [-0.25, -0.2) is 4.79 Å². The van der Waals surface area contributed by atoms with Crippen molar-refractivity contribution in [3.63, 3.8) is 0 Å². The minimum atomic E-state index is -0.989. The number of rotatable bonds is 4. The van der Waals surface area contributed by atoms with Gasteiger partial charge < -0.3 is 9.67 Å². The third kappa shape index (κ3) is 2.27. The van der Waals surface area contributed by atoms with E-state index >= 15 is 0 Å². The molecule has 0 aliphatic rings. The molecule has 6 heteroatoms. The number of nitro benzene ring substituents is 1. The molecule has 0 atom stereocenters. The summed E-state index contributed by atoms with van der Waals surface area (Å²) in [7, 11) is 0. The monoisotopic (exact) mass is 274 g/mol. The summed E-state index contributed by atoms with van der Waals surface area (Å²) in [5.41, 5.74) is 2.32. The van der Waals surface area contributed by atoms with Crippen LogP contribution in [0.4, 0.5) is 5.69 Å². The molecule has 0 unspecified atom stereocenters. The van der Waals surface area contributed by atoms with E-state index in [-0.39, 0.29) is 11.4 Å². The highest BCUT2D eigenvalue weighted by Crippen LogP contribution is 2.27. The molecule has 2 rings (SSSR count). The van der Waals surface area contributed by atoms with E-state index in [1.165, 1.54) is 12.1 Å². The van der Waals surface area contributed by atoms with Crippen LogP contribution in [0, 0.1) is 17.0 Å². The Kier molecular flexibility index (Phi) is 3.56. The standard InChI is InChI=1S/C14H14N2O4/c1-3-15-12(6-7-13(15)14(17)18)10-4-5-11(16(19)20)9(2)8-10/h4-8H,3H2,1-2H3,(H,17,18). The van der Waals surface area contributed by atoms with Crippen LogP contribution >= 0.6 is 0 Å². The van der Waals surface area contributed by atoms with Gasteiger partial charge in [-0.05, 0) is 43.7 Å². The Morgan fingerprint density at radius 3 is 2.55 bits per heavy atom. The fourth-order valence-corrected chi connectivity index (χ4v) is 2.27. The van der Waals surface area contributed by atoms with Crippen molar-refractivity contribution >= 4 is 11.7 Å². The molecule has 0 amide bonds. The van der Waals surface area contributed by atoms with Crippen LogP contribution in [-0.4, -0.2) is 20.6 Å². The second-order valence-electron chi connectivity index (χ2n) is 4.41. The number of carbonyl (C=O) groups is 1. The van der Waals surface area contributed by atoms with Gasteiger partial charge >= 0.3 is 5.97 Å². The lowest BCUT2D eigenvalue weighted by atomic mass is 10.1. The number of benzene rings is 1. The van der Waals surface area contributed by atoms with Crippen molar-refractivity contribution < 1.29 is 14.8 Å². The first-order chi connectivity index (χ1) is 9.45. The molecular weight excluding hydrogens is 260 g/mol. The van der Waals surface area contributed by atoms with E-state index in [1.54, 1.807) is 29.7 Å². The quantitative estimate of drug-likeness (QED) is 0.685. The Morgan fingerprint density at radius 2 is 2.05 bits per heavy atom. The van der Waals surface area contributed by atoms with Crippen LogP contribution in [0.3, 0.4) is 0 Å². The fourth-order valence-electron chi connectivity index (χ4n) is 2.27. The van der Waals surface area contributed by atoms with Crippen LogP contribution in [0.25, 0.3) is 11.3 Å². The summed E-state index contributed by atoms with van der Waals surface area (Å²) >= 11 is 0. The molecule has 1 heterocycles. The van der Waals surface area contributed by atoms with Crippen LogP contribution < -0.4 is 0 Å². The number of hydrogen-bond donors (Lipinski definition) is 1. The predicted molar refractivity (Wildman–Crippen MR) is 73.9 cm³/mol. The summed E-state index contributed by atoms with van der Waals surface area (Å²) in [5.74, 6) is -0.989. The van der Waals surface area contributed by atoms with Gasteiger partial charge in [-0.1, -0.05) is 0 Å². The van der Waals surface area contributed by atoms with Gasteiger partial charge in [0, 0.05) is 23.9 Å². The van der Waals surface area contributed by atoms with E-state index in [0.29, 0.717) is 12.1 Å². The van der Waals surface area contributed by atoms with E-state index in [2.05, 4.69) is 0 Å². The highest BCUT2D eigenvalue weighted by molar-refractivity contribution is 5.87. The average molecular weight is 274 g/mol. The van der Waals surface area contributed by atoms with Crippen LogP contribution in [0.2, 0.25) is 0 Å². The molecule has 0 bridgehead atoms. The van der Waals surface area contributed by atoms with Crippen LogP contribution in [0.15, 0.2) is 30.3 Å². The van der Waals surface area contributed by atoms with E-state index < -0.39 is 10.9 Å². The van der Waals surface area contributed by atoms with E-state index in [1.807, 2.05) is 6.92 Å². The Labute approximate surface area is 115 Å². The van der Waals surface area contributed by atoms with E-state index in [0.717, 1.165) is 11.3 Å². The summed E-state index contributed by atoms with van der Waals surface area (Å²) in [4.78, 5) is 21.5. The molecule has 1 aromatic heterocycles. The largest absolute Gasteiger partial charge is 0.477 e. The highest BCUT2D eigenvalue weighted by Gasteiger charge is 2.16. The molecule has 0 saturated heterocycles. The van der Waals surface area contributed by atoms with Crippen molar-refractivity contribution in [1.29, 1.82) is 0 Å². The van der Waals surface area contributed by atoms with Gasteiger partial charge in [-0.15, -0.1) is 0 Å². The average Bonchev–Trinajstić information content (AvgIpc) is 2.81. The second-order valence-corrected chi connectivity index (χ2v) is 4.41. The number of aromatic carboxylic acids is 1. The third-order valence-electron chi connectivity index (χ3n) is 3.21. The second kappa shape index (κ2) is 5.16. The molecule has 0 aliphatic carbocycles. The maximum absolute atomic E-state index is 11.1. The highest BCUT2D eigenvalue weighted by atomic mass is 16.6. The van der Waals surface area contributed by atoms with E-state index in [9.17, 15) is 14.9 Å². The number of carboxylic acids is 1. The molecule has 0 saturated carbocycles. The molecule has 0 spiro atoms. The number of aryl methyl sites for hydroxylation is 1. The number of hydrogen-bond acceptors (Lipinski definition) is 3. The van der Waals surface area contributed by atoms with Crippen molar-refractivity contribution in [3.05, 3.63) is 51.7 Å². The number of nitro groups is 1. The van der Waals surface area contributed by atoms with Gasteiger partial charge in [0.1, 0.15) is 5.69 Å². The topological polar surface area (TPSA) is 85.4 Å². The van der Waals surface area contributed by atoms with Gasteiger partial charge in [0.25, 0.3) is 5.69 Å². The zero-order valence-corrected chi connectivity index (χ0v) is 11.2. The van der Waals surface area contributed by atoms with Crippen molar-refractivity contribution in [1.82, 2.24) is 4.57 Å². The first kappa shape index (κ1) is 13.8. The number of aromatic nitrogens is 1. The predicted octanol–water partition coefficient (Wildman–Crippen LogP) is 3.09.